The van der Waals surface area contributed by atoms with Crippen LogP contribution in [0.2, 0.25) is 0 Å². The molecule has 0 fully saturated rings. The second-order valence-corrected chi connectivity index (χ2v) is 4.40. The van der Waals surface area contributed by atoms with E-state index in [1.165, 1.54) is 0 Å². The molecule has 0 atom stereocenters. The molecule has 0 aliphatic rings. The van der Waals surface area contributed by atoms with E-state index in [4.69, 9.17) is 4.55 Å². The molecule has 6 heteroatoms. The Hall–Kier alpha value is -1.40. The summed E-state index contributed by atoms with van der Waals surface area (Å²) in [6.07, 6.45) is 0. The van der Waals surface area contributed by atoms with E-state index < -0.39 is 15.9 Å². The maximum Gasteiger partial charge on any atom is 0.266 e. The van der Waals surface area contributed by atoms with Crippen LogP contribution in [0.15, 0.2) is 24.3 Å². The van der Waals surface area contributed by atoms with Gasteiger partial charge in [-0.25, -0.2) is 0 Å². The van der Waals surface area contributed by atoms with Crippen molar-refractivity contribution in [2.45, 2.75) is 0 Å². The molecule has 0 spiro atoms. The lowest BCUT2D eigenvalue weighted by atomic mass is 10.2. The zero-order valence-electron chi connectivity index (χ0n) is 7.80. The van der Waals surface area contributed by atoms with Crippen LogP contribution in [0.3, 0.4) is 0 Å². The van der Waals surface area contributed by atoms with Gasteiger partial charge >= 0.3 is 0 Å². The first-order valence-electron chi connectivity index (χ1n) is 4.18. The molecule has 0 aliphatic carbocycles. The van der Waals surface area contributed by atoms with E-state index in [-0.39, 0.29) is 12.5 Å². The quantitative estimate of drug-likeness (QED) is 0.716. The third kappa shape index (κ3) is 4.57. The molecule has 2 N–H and O–H groups in total. The molecule has 0 heterocycles. The fraction of sp³-hybridized carbons (Fsp3) is 0.222. The van der Waals surface area contributed by atoms with Gasteiger partial charge in [0.25, 0.3) is 16.0 Å². The molecule has 15 heavy (non-hydrogen) atoms. The first-order valence-corrected chi connectivity index (χ1v) is 5.79. The number of hydrogen-bond donors (Lipinski definition) is 2. The Kier molecular flexibility index (Phi) is 3.81. The van der Waals surface area contributed by atoms with Gasteiger partial charge in [0, 0.05) is 12.1 Å². The molecule has 81 valence electrons. The Bertz CT molecular complexity index is 427. The van der Waals surface area contributed by atoms with E-state index in [1.54, 1.807) is 24.3 Å². The molecule has 0 unspecified atom stereocenters. The van der Waals surface area contributed by atoms with Crippen LogP contribution < -0.4 is 5.32 Å². The molecular weight excluding hydrogens is 218 g/mol. The molecule has 1 rings (SSSR count). The third-order valence-electron chi connectivity index (χ3n) is 1.63. The van der Waals surface area contributed by atoms with Gasteiger partial charge in [-0.2, -0.15) is 8.42 Å². The minimum absolute atomic E-state index is 0.115. The highest BCUT2D eigenvalue weighted by molar-refractivity contribution is 7.85. The summed E-state index contributed by atoms with van der Waals surface area (Å²) in [7, 11) is -4.02. The summed E-state index contributed by atoms with van der Waals surface area (Å²) < 4.78 is 29.1. The largest absolute Gasteiger partial charge is 0.351 e. The highest BCUT2D eigenvalue weighted by atomic mass is 32.2. The molecule has 0 saturated heterocycles. The van der Waals surface area contributed by atoms with E-state index >= 15 is 0 Å². The SMILES string of the molecule is O=C(NCCS(=O)(=O)O)c1cc[c]cc1. The Labute approximate surface area is 87.9 Å². The van der Waals surface area contributed by atoms with Crippen molar-refractivity contribution >= 4 is 16.0 Å². The minimum atomic E-state index is -4.02. The van der Waals surface area contributed by atoms with Gasteiger partial charge < -0.3 is 5.32 Å². The van der Waals surface area contributed by atoms with Crippen molar-refractivity contribution < 1.29 is 17.8 Å². The second-order valence-electron chi connectivity index (χ2n) is 2.83. The lowest BCUT2D eigenvalue weighted by Gasteiger charge is -2.02. The number of carbonyl (C=O) groups excluding carboxylic acids is 1. The topological polar surface area (TPSA) is 83.5 Å². The summed E-state index contributed by atoms with van der Waals surface area (Å²) >= 11 is 0. The second kappa shape index (κ2) is 4.90. The fourth-order valence-electron chi connectivity index (χ4n) is 0.934. The Morgan fingerprint density at radius 3 is 2.53 bits per heavy atom. The summed E-state index contributed by atoms with van der Waals surface area (Å²) in [6.45, 7) is -0.115. The van der Waals surface area contributed by atoms with Crippen molar-refractivity contribution in [2.75, 3.05) is 12.3 Å². The summed E-state index contributed by atoms with van der Waals surface area (Å²) in [6, 6.07) is 9.03. The molecular formula is C9H10NO4S. The molecule has 5 nitrogen and oxygen atoms in total. The van der Waals surface area contributed by atoms with Crippen molar-refractivity contribution in [3.63, 3.8) is 0 Å². The van der Waals surface area contributed by atoms with E-state index in [2.05, 4.69) is 11.4 Å². The van der Waals surface area contributed by atoms with E-state index in [9.17, 15) is 13.2 Å². The average molecular weight is 228 g/mol. The van der Waals surface area contributed by atoms with Crippen molar-refractivity contribution in [3.05, 3.63) is 35.9 Å². The van der Waals surface area contributed by atoms with Gasteiger partial charge in [-0.1, -0.05) is 12.1 Å². The molecule has 1 aromatic rings. The molecule has 0 bridgehead atoms. The van der Waals surface area contributed by atoms with Crippen molar-refractivity contribution in [2.24, 2.45) is 0 Å². The number of benzene rings is 1. The molecule has 1 aromatic carbocycles. The molecule has 0 aliphatic heterocycles. The number of nitrogens with one attached hydrogen (secondary N) is 1. The van der Waals surface area contributed by atoms with Gasteiger partial charge in [0.05, 0.1) is 5.75 Å². The monoisotopic (exact) mass is 228 g/mol. The van der Waals surface area contributed by atoms with Crippen LogP contribution in [0, 0.1) is 6.07 Å². The highest BCUT2D eigenvalue weighted by Crippen LogP contribution is 1.96. The zero-order chi connectivity index (χ0) is 11.3. The number of rotatable bonds is 4. The normalized spacial score (nSPS) is 11.0. The van der Waals surface area contributed by atoms with Crippen molar-refractivity contribution in [1.82, 2.24) is 5.32 Å². The fourth-order valence-corrected chi connectivity index (χ4v) is 1.29. The van der Waals surface area contributed by atoms with Gasteiger partial charge in [0.15, 0.2) is 0 Å². The standard InChI is InChI=1S/C9H10NO4S/c11-9(8-4-2-1-3-5-8)10-6-7-15(12,13)14/h2-5H,6-7H2,(H,10,11)(H,12,13,14). The van der Waals surface area contributed by atoms with Gasteiger partial charge in [-0.3, -0.25) is 9.35 Å². The average Bonchev–Trinajstić information content (AvgIpc) is 2.17. The minimum Gasteiger partial charge on any atom is -0.351 e. The van der Waals surface area contributed by atoms with E-state index in [1.807, 2.05) is 0 Å². The third-order valence-corrected chi connectivity index (χ3v) is 2.35. The number of carbonyl (C=O) groups is 1. The highest BCUT2D eigenvalue weighted by Gasteiger charge is 2.07. The number of amides is 1. The van der Waals surface area contributed by atoms with Crippen LogP contribution in [0.1, 0.15) is 10.4 Å². The lowest BCUT2D eigenvalue weighted by Crippen LogP contribution is -2.28. The van der Waals surface area contributed by atoms with Gasteiger partial charge in [0.2, 0.25) is 0 Å². The van der Waals surface area contributed by atoms with Gasteiger partial charge in [-0.05, 0) is 18.2 Å². The Balaban J connectivity index is 2.45. The maximum atomic E-state index is 11.3. The Morgan fingerprint density at radius 1 is 1.40 bits per heavy atom. The molecule has 0 saturated carbocycles. The summed E-state index contributed by atoms with van der Waals surface area (Å²) in [5, 5.41) is 2.36. The van der Waals surface area contributed by atoms with Crippen LogP contribution >= 0.6 is 0 Å². The van der Waals surface area contributed by atoms with Crippen LogP contribution in [-0.4, -0.2) is 31.2 Å². The summed E-state index contributed by atoms with van der Waals surface area (Å²) in [5.74, 6) is -0.870. The predicted octanol–water partition coefficient (Wildman–Crippen LogP) is 0.104. The summed E-state index contributed by atoms with van der Waals surface area (Å²) in [4.78, 5) is 11.3. The first kappa shape index (κ1) is 11.7. The first-order chi connectivity index (χ1) is 6.99. The van der Waals surface area contributed by atoms with Crippen molar-refractivity contribution in [1.29, 1.82) is 0 Å². The smallest absolute Gasteiger partial charge is 0.266 e. The van der Waals surface area contributed by atoms with Crippen LogP contribution in [-0.2, 0) is 10.1 Å². The maximum absolute atomic E-state index is 11.3. The number of hydrogen-bond acceptors (Lipinski definition) is 3. The van der Waals surface area contributed by atoms with Crippen LogP contribution in [0.5, 0.6) is 0 Å². The van der Waals surface area contributed by atoms with Crippen molar-refractivity contribution in [3.8, 4) is 0 Å². The zero-order valence-corrected chi connectivity index (χ0v) is 8.62. The van der Waals surface area contributed by atoms with E-state index in [0.717, 1.165) is 0 Å². The molecule has 0 aromatic heterocycles. The van der Waals surface area contributed by atoms with E-state index in [0.29, 0.717) is 5.56 Å². The lowest BCUT2D eigenvalue weighted by molar-refractivity contribution is 0.0956. The molecule has 1 radical (unpaired) electrons. The van der Waals surface area contributed by atoms with Crippen LogP contribution in [0.25, 0.3) is 0 Å². The van der Waals surface area contributed by atoms with Gasteiger partial charge in [-0.15, -0.1) is 0 Å². The Morgan fingerprint density at radius 2 is 2.00 bits per heavy atom. The van der Waals surface area contributed by atoms with Crippen LogP contribution in [0.4, 0.5) is 0 Å². The molecule has 1 amide bonds. The predicted molar refractivity (Wildman–Crippen MR) is 54.0 cm³/mol. The van der Waals surface area contributed by atoms with Gasteiger partial charge in [0.1, 0.15) is 0 Å². The summed E-state index contributed by atoms with van der Waals surface area (Å²) in [5.41, 5.74) is 0.420.